The van der Waals surface area contributed by atoms with Gasteiger partial charge in [0, 0.05) is 18.8 Å². The van der Waals surface area contributed by atoms with Crippen molar-refractivity contribution in [1.82, 2.24) is 9.61 Å². The van der Waals surface area contributed by atoms with Crippen LogP contribution >= 0.6 is 0 Å². The molecule has 2 aromatic rings. The monoisotopic (exact) mass is 204 g/mol. The van der Waals surface area contributed by atoms with Crippen molar-refractivity contribution < 1.29 is 9.90 Å². The van der Waals surface area contributed by atoms with Crippen LogP contribution in [0, 0.1) is 0 Å². The van der Waals surface area contributed by atoms with E-state index in [1.165, 1.54) is 0 Å². The van der Waals surface area contributed by atoms with Gasteiger partial charge in [0.2, 0.25) is 0 Å². The molecule has 0 aliphatic carbocycles. The smallest absolute Gasteiger partial charge is 0.303 e. The number of nitrogens with zero attached hydrogens (tertiary/aromatic N) is 2. The van der Waals surface area contributed by atoms with Crippen molar-refractivity contribution in [2.24, 2.45) is 0 Å². The molecule has 0 bridgehead atoms. The molecular formula is C11H12N2O2. The normalized spacial score (nSPS) is 10.7. The molecule has 2 heterocycles. The molecular weight excluding hydrogens is 192 g/mol. The number of pyridine rings is 1. The van der Waals surface area contributed by atoms with E-state index in [0.717, 1.165) is 17.5 Å². The number of carboxylic acid groups (broad SMARTS) is 1. The van der Waals surface area contributed by atoms with Crippen molar-refractivity contribution in [3.8, 4) is 0 Å². The number of aliphatic carboxylic acids is 1. The van der Waals surface area contributed by atoms with E-state index in [1.807, 2.05) is 24.4 Å². The topological polar surface area (TPSA) is 54.6 Å². The molecule has 2 rings (SSSR count). The van der Waals surface area contributed by atoms with Gasteiger partial charge in [0.1, 0.15) is 0 Å². The molecule has 0 aliphatic heterocycles. The Hall–Kier alpha value is -1.84. The van der Waals surface area contributed by atoms with Crippen LogP contribution in [0.15, 0.2) is 30.6 Å². The Morgan fingerprint density at radius 3 is 3.13 bits per heavy atom. The van der Waals surface area contributed by atoms with Crippen molar-refractivity contribution in [2.45, 2.75) is 19.3 Å². The molecule has 0 fully saturated rings. The van der Waals surface area contributed by atoms with Crippen LogP contribution in [0.1, 0.15) is 18.4 Å². The molecule has 4 nitrogen and oxygen atoms in total. The highest BCUT2D eigenvalue weighted by Crippen LogP contribution is 2.12. The standard InChI is InChI=1S/C11H12N2O2/c14-11(15)5-1-3-9-4-2-8-13-10(9)6-7-12-13/h2,4,6-8H,1,3,5H2,(H,14,15). The highest BCUT2D eigenvalue weighted by Gasteiger charge is 2.02. The molecule has 0 aliphatic rings. The molecule has 0 amide bonds. The maximum atomic E-state index is 10.4. The van der Waals surface area contributed by atoms with E-state index in [0.29, 0.717) is 6.42 Å². The average Bonchev–Trinajstić information content (AvgIpc) is 2.65. The summed E-state index contributed by atoms with van der Waals surface area (Å²) >= 11 is 0. The van der Waals surface area contributed by atoms with E-state index >= 15 is 0 Å². The third-order valence-corrected chi connectivity index (χ3v) is 2.36. The number of hydrogen-bond donors (Lipinski definition) is 1. The van der Waals surface area contributed by atoms with Crippen LogP contribution in [-0.2, 0) is 11.2 Å². The Bertz CT molecular complexity index is 476. The van der Waals surface area contributed by atoms with E-state index in [9.17, 15) is 4.79 Å². The van der Waals surface area contributed by atoms with E-state index in [-0.39, 0.29) is 6.42 Å². The minimum Gasteiger partial charge on any atom is -0.481 e. The number of carboxylic acids is 1. The highest BCUT2D eigenvalue weighted by atomic mass is 16.4. The van der Waals surface area contributed by atoms with Crippen molar-refractivity contribution in [2.75, 3.05) is 0 Å². The molecule has 0 aromatic carbocycles. The lowest BCUT2D eigenvalue weighted by molar-refractivity contribution is -0.137. The number of carbonyl (C=O) groups is 1. The first-order valence-electron chi connectivity index (χ1n) is 4.90. The summed E-state index contributed by atoms with van der Waals surface area (Å²) in [6.45, 7) is 0. The quantitative estimate of drug-likeness (QED) is 0.825. The van der Waals surface area contributed by atoms with E-state index in [2.05, 4.69) is 5.10 Å². The second-order valence-electron chi connectivity index (χ2n) is 3.44. The molecule has 4 heteroatoms. The Morgan fingerprint density at radius 2 is 2.33 bits per heavy atom. The lowest BCUT2D eigenvalue weighted by Crippen LogP contribution is -1.97. The third-order valence-electron chi connectivity index (χ3n) is 2.36. The van der Waals surface area contributed by atoms with Crippen molar-refractivity contribution in [3.63, 3.8) is 0 Å². The molecule has 0 atom stereocenters. The number of fused-ring (bicyclic) bond motifs is 1. The second-order valence-corrected chi connectivity index (χ2v) is 3.44. The van der Waals surface area contributed by atoms with Crippen LogP contribution in [0.2, 0.25) is 0 Å². The number of aromatic nitrogens is 2. The molecule has 78 valence electrons. The predicted octanol–water partition coefficient (Wildman–Crippen LogP) is 1.74. The summed E-state index contributed by atoms with van der Waals surface area (Å²) in [6.07, 6.45) is 5.30. The zero-order valence-corrected chi connectivity index (χ0v) is 8.26. The summed E-state index contributed by atoms with van der Waals surface area (Å²) < 4.78 is 1.80. The van der Waals surface area contributed by atoms with Gasteiger partial charge in [-0.2, -0.15) is 5.10 Å². The maximum Gasteiger partial charge on any atom is 0.303 e. The second kappa shape index (κ2) is 4.13. The molecule has 2 aromatic heterocycles. The van der Waals surface area contributed by atoms with Gasteiger partial charge < -0.3 is 5.11 Å². The summed E-state index contributed by atoms with van der Waals surface area (Å²) in [4.78, 5) is 10.4. The first-order chi connectivity index (χ1) is 7.27. The lowest BCUT2D eigenvalue weighted by atomic mass is 10.1. The van der Waals surface area contributed by atoms with Crippen LogP contribution in [0.25, 0.3) is 5.52 Å². The lowest BCUT2D eigenvalue weighted by Gasteiger charge is -2.02. The van der Waals surface area contributed by atoms with Crippen LogP contribution in [-0.4, -0.2) is 20.7 Å². The summed E-state index contributed by atoms with van der Waals surface area (Å²) in [5.74, 6) is -0.740. The molecule has 0 saturated heterocycles. The van der Waals surface area contributed by atoms with Gasteiger partial charge in [-0.1, -0.05) is 6.07 Å². The first kappa shape index (κ1) is 9.71. The van der Waals surface area contributed by atoms with Gasteiger partial charge in [0.25, 0.3) is 0 Å². The van der Waals surface area contributed by atoms with E-state index in [4.69, 9.17) is 5.11 Å². The van der Waals surface area contributed by atoms with E-state index < -0.39 is 5.97 Å². The number of rotatable bonds is 4. The van der Waals surface area contributed by atoms with Crippen LogP contribution in [0.5, 0.6) is 0 Å². The largest absolute Gasteiger partial charge is 0.481 e. The minimum atomic E-state index is -0.740. The Labute approximate surface area is 87.2 Å². The molecule has 1 N–H and O–H groups in total. The van der Waals surface area contributed by atoms with Crippen molar-refractivity contribution in [1.29, 1.82) is 0 Å². The first-order valence-corrected chi connectivity index (χ1v) is 4.90. The average molecular weight is 204 g/mol. The fourth-order valence-corrected chi connectivity index (χ4v) is 1.65. The van der Waals surface area contributed by atoms with Crippen LogP contribution in [0.3, 0.4) is 0 Å². The zero-order chi connectivity index (χ0) is 10.7. The summed E-state index contributed by atoms with van der Waals surface area (Å²) in [5, 5.41) is 12.7. The SMILES string of the molecule is O=C(O)CCCc1cccn2nccc12. The fraction of sp³-hybridized carbons (Fsp3) is 0.273. The van der Waals surface area contributed by atoms with Crippen molar-refractivity contribution in [3.05, 3.63) is 36.2 Å². The van der Waals surface area contributed by atoms with Gasteiger partial charge in [-0.3, -0.25) is 4.79 Å². The summed E-state index contributed by atoms with van der Waals surface area (Å²) in [6, 6.07) is 5.88. The Morgan fingerprint density at radius 1 is 1.47 bits per heavy atom. The molecule has 0 unspecified atom stereocenters. The molecule has 0 spiro atoms. The third kappa shape index (κ3) is 2.15. The summed E-state index contributed by atoms with van der Waals surface area (Å²) in [5.41, 5.74) is 2.21. The van der Waals surface area contributed by atoms with Crippen molar-refractivity contribution >= 4 is 11.5 Å². The highest BCUT2D eigenvalue weighted by molar-refractivity contribution is 5.66. The summed E-state index contributed by atoms with van der Waals surface area (Å²) in [7, 11) is 0. The van der Waals surface area contributed by atoms with Crippen LogP contribution in [0.4, 0.5) is 0 Å². The van der Waals surface area contributed by atoms with Gasteiger partial charge in [-0.25, -0.2) is 4.52 Å². The van der Waals surface area contributed by atoms with Gasteiger partial charge in [0.05, 0.1) is 5.52 Å². The zero-order valence-electron chi connectivity index (χ0n) is 8.26. The molecule has 0 saturated carbocycles. The fourth-order valence-electron chi connectivity index (χ4n) is 1.65. The predicted molar refractivity (Wildman–Crippen MR) is 55.8 cm³/mol. The molecule has 0 radical (unpaired) electrons. The van der Waals surface area contributed by atoms with E-state index in [1.54, 1.807) is 10.7 Å². The number of hydrogen-bond acceptors (Lipinski definition) is 2. The number of aryl methyl sites for hydroxylation is 1. The van der Waals surface area contributed by atoms with Gasteiger partial charge in [-0.05, 0) is 30.5 Å². The van der Waals surface area contributed by atoms with Crippen LogP contribution < -0.4 is 0 Å². The van der Waals surface area contributed by atoms with Gasteiger partial charge >= 0.3 is 5.97 Å². The minimum absolute atomic E-state index is 0.217. The molecule has 15 heavy (non-hydrogen) atoms. The van der Waals surface area contributed by atoms with Gasteiger partial charge in [0.15, 0.2) is 0 Å². The van der Waals surface area contributed by atoms with Gasteiger partial charge in [-0.15, -0.1) is 0 Å². The Balaban J connectivity index is 2.13. The maximum absolute atomic E-state index is 10.4. The Kier molecular flexibility index (Phi) is 2.67.